The van der Waals surface area contributed by atoms with Crippen LogP contribution in [0.15, 0.2) is 40.2 Å². The zero-order valence-electron chi connectivity index (χ0n) is 9.14. The highest BCUT2D eigenvalue weighted by atomic mass is 79.9. The molecule has 1 unspecified atom stereocenters. The first-order valence-corrected chi connectivity index (χ1v) is 6.69. The fourth-order valence-electron chi connectivity index (χ4n) is 1.64. The van der Waals surface area contributed by atoms with Gasteiger partial charge in [-0.05, 0) is 52.0 Å². The minimum absolute atomic E-state index is 0.592. The highest BCUT2D eigenvalue weighted by molar-refractivity contribution is 9.10. The number of rotatable bonds is 2. The Morgan fingerprint density at radius 3 is 2.41 bits per heavy atom. The Balaban J connectivity index is 2.45. The predicted molar refractivity (Wildman–Crippen MR) is 71.8 cm³/mol. The molecule has 0 amide bonds. The number of nitriles is 1. The lowest BCUT2D eigenvalue weighted by molar-refractivity contribution is 0.105. The second-order valence-corrected chi connectivity index (χ2v) is 5.63. The molecule has 0 radical (unpaired) electrons. The molecule has 17 heavy (non-hydrogen) atoms. The van der Waals surface area contributed by atoms with Crippen molar-refractivity contribution in [2.24, 2.45) is 0 Å². The molecule has 1 aromatic carbocycles. The Hall–Kier alpha value is -1.15. The highest BCUT2D eigenvalue weighted by Gasteiger charge is 2.28. The van der Waals surface area contributed by atoms with Gasteiger partial charge in [-0.25, -0.2) is 0 Å². The molecule has 1 heterocycles. The topological polar surface area (TPSA) is 44.0 Å². The van der Waals surface area contributed by atoms with Gasteiger partial charge in [-0.1, -0.05) is 12.1 Å². The van der Waals surface area contributed by atoms with Gasteiger partial charge in [-0.3, -0.25) is 0 Å². The molecule has 0 saturated heterocycles. The van der Waals surface area contributed by atoms with Crippen LogP contribution in [0.2, 0.25) is 0 Å². The number of benzene rings is 1. The highest BCUT2D eigenvalue weighted by Crippen LogP contribution is 2.37. The summed E-state index contributed by atoms with van der Waals surface area (Å²) in [6.45, 7) is 1.75. The van der Waals surface area contributed by atoms with Crippen LogP contribution in [-0.2, 0) is 5.60 Å². The van der Waals surface area contributed by atoms with E-state index in [0.29, 0.717) is 5.56 Å². The van der Waals surface area contributed by atoms with Gasteiger partial charge in [0.25, 0.3) is 0 Å². The molecule has 4 heteroatoms. The molecule has 0 aliphatic rings. The normalized spacial score (nSPS) is 14.0. The monoisotopic (exact) mass is 307 g/mol. The molecular formula is C13H10BrNOS. The first-order valence-electron chi connectivity index (χ1n) is 5.02. The Labute approximate surface area is 112 Å². The summed E-state index contributed by atoms with van der Waals surface area (Å²) >= 11 is 4.92. The quantitative estimate of drug-likeness (QED) is 0.920. The summed E-state index contributed by atoms with van der Waals surface area (Å²) in [5.74, 6) is 0. The van der Waals surface area contributed by atoms with E-state index in [0.717, 1.165) is 14.9 Å². The van der Waals surface area contributed by atoms with Crippen molar-refractivity contribution in [2.45, 2.75) is 12.5 Å². The Kier molecular flexibility index (Phi) is 3.34. The summed E-state index contributed by atoms with van der Waals surface area (Å²) in [7, 11) is 0. The van der Waals surface area contributed by atoms with Crippen molar-refractivity contribution in [1.29, 1.82) is 5.26 Å². The first kappa shape index (κ1) is 12.3. The number of hydrogen-bond acceptors (Lipinski definition) is 3. The average Bonchev–Trinajstić information content (AvgIpc) is 2.76. The van der Waals surface area contributed by atoms with Crippen molar-refractivity contribution in [1.82, 2.24) is 0 Å². The second kappa shape index (κ2) is 4.61. The molecule has 2 rings (SSSR count). The fraction of sp³-hybridized carbons (Fsp3) is 0.154. The first-order chi connectivity index (χ1) is 8.05. The lowest BCUT2D eigenvalue weighted by atomic mass is 9.94. The van der Waals surface area contributed by atoms with Crippen molar-refractivity contribution in [3.8, 4) is 6.07 Å². The van der Waals surface area contributed by atoms with Crippen LogP contribution < -0.4 is 0 Å². The maximum absolute atomic E-state index is 10.6. The number of nitrogens with zero attached hydrogens (tertiary/aromatic N) is 1. The summed E-state index contributed by atoms with van der Waals surface area (Å²) in [6.07, 6.45) is 0. The van der Waals surface area contributed by atoms with Crippen LogP contribution in [0.3, 0.4) is 0 Å². The molecule has 86 valence electrons. The summed E-state index contributed by atoms with van der Waals surface area (Å²) in [5, 5.41) is 21.3. The van der Waals surface area contributed by atoms with E-state index in [-0.39, 0.29) is 0 Å². The van der Waals surface area contributed by atoms with Gasteiger partial charge >= 0.3 is 0 Å². The molecule has 1 aromatic heterocycles. The zero-order chi connectivity index (χ0) is 12.5. The van der Waals surface area contributed by atoms with Gasteiger partial charge in [0.15, 0.2) is 0 Å². The number of hydrogen-bond donors (Lipinski definition) is 1. The van der Waals surface area contributed by atoms with Gasteiger partial charge in [0.1, 0.15) is 5.60 Å². The van der Waals surface area contributed by atoms with Gasteiger partial charge < -0.3 is 5.11 Å². The number of thiophene rings is 1. The SMILES string of the molecule is CC(O)(c1ccc(C#N)cc1)c1sccc1Br. The van der Waals surface area contributed by atoms with Crippen molar-refractivity contribution < 1.29 is 5.11 Å². The lowest BCUT2D eigenvalue weighted by Gasteiger charge is -2.23. The number of aliphatic hydroxyl groups is 1. The van der Waals surface area contributed by atoms with E-state index in [9.17, 15) is 5.11 Å². The van der Waals surface area contributed by atoms with Crippen LogP contribution in [-0.4, -0.2) is 5.11 Å². The third-order valence-electron chi connectivity index (χ3n) is 2.64. The Morgan fingerprint density at radius 1 is 1.29 bits per heavy atom. The zero-order valence-corrected chi connectivity index (χ0v) is 11.5. The van der Waals surface area contributed by atoms with Crippen LogP contribution in [0.5, 0.6) is 0 Å². The molecule has 0 aliphatic carbocycles. The maximum atomic E-state index is 10.6. The van der Waals surface area contributed by atoms with E-state index >= 15 is 0 Å². The average molecular weight is 308 g/mol. The van der Waals surface area contributed by atoms with Crippen LogP contribution in [0.25, 0.3) is 0 Å². The molecule has 0 bridgehead atoms. The Morgan fingerprint density at radius 2 is 1.94 bits per heavy atom. The minimum Gasteiger partial charge on any atom is -0.380 e. The minimum atomic E-state index is -1.04. The van der Waals surface area contributed by atoms with Crippen LogP contribution in [0.1, 0.15) is 22.9 Å². The lowest BCUT2D eigenvalue weighted by Crippen LogP contribution is -2.21. The molecule has 1 N–H and O–H groups in total. The molecule has 2 aromatic rings. The van der Waals surface area contributed by atoms with Gasteiger partial charge in [0, 0.05) is 4.47 Å². The summed E-state index contributed by atoms with van der Waals surface area (Å²) < 4.78 is 0.900. The van der Waals surface area contributed by atoms with Gasteiger partial charge in [0.2, 0.25) is 0 Å². The second-order valence-electron chi connectivity index (χ2n) is 3.86. The van der Waals surface area contributed by atoms with E-state index < -0.39 is 5.60 Å². The van der Waals surface area contributed by atoms with Gasteiger partial charge in [0.05, 0.1) is 16.5 Å². The standard InChI is InChI=1S/C13H10BrNOS/c1-13(16,12-11(14)6-7-17-12)10-4-2-9(8-15)3-5-10/h2-7,16H,1H3. The summed E-state index contributed by atoms with van der Waals surface area (Å²) in [4.78, 5) is 0.863. The molecule has 2 nitrogen and oxygen atoms in total. The molecule has 0 fully saturated rings. The summed E-state index contributed by atoms with van der Waals surface area (Å²) in [5.41, 5.74) is 0.329. The Bertz CT molecular complexity index is 566. The van der Waals surface area contributed by atoms with E-state index in [1.54, 1.807) is 31.2 Å². The summed E-state index contributed by atoms with van der Waals surface area (Å²) in [6, 6.07) is 11.0. The van der Waals surface area contributed by atoms with Crippen LogP contribution in [0, 0.1) is 11.3 Å². The smallest absolute Gasteiger partial charge is 0.122 e. The van der Waals surface area contributed by atoms with Crippen molar-refractivity contribution in [3.05, 3.63) is 56.2 Å². The molecule has 1 atom stereocenters. The van der Waals surface area contributed by atoms with Gasteiger partial charge in [-0.15, -0.1) is 11.3 Å². The van der Waals surface area contributed by atoms with Crippen molar-refractivity contribution in [2.75, 3.05) is 0 Å². The molecule has 0 saturated carbocycles. The van der Waals surface area contributed by atoms with Crippen molar-refractivity contribution in [3.63, 3.8) is 0 Å². The predicted octanol–water partition coefficient (Wildman–Crippen LogP) is 3.64. The largest absolute Gasteiger partial charge is 0.380 e. The van der Waals surface area contributed by atoms with Crippen LogP contribution in [0.4, 0.5) is 0 Å². The molecule has 0 aliphatic heterocycles. The van der Waals surface area contributed by atoms with Gasteiger partial charge in [-0.2, -0.15) is 5.26 Å². The molecule has 0 spiro atoms. The molecular weight excluding hydrogens is 298 g/mol. The van der Waals surface area contributed by atoms with Crippen molar-refractivity contribution >= 4 is 27.3 Å². The van der Waals surface area contributed by atoms with E-state index in [2.05, 4.69) is 22.0 Å². The third-order valence-corrected chi connectivity index (χ3v) is 4.68. The van der Waals surface area contributed by atoms with Crippen LogP contribution >= 0.6 is 27.3 Å². The van der Waals surface area contributed by atoms with E-state index in [1.807, 2.05) is 11.4 Å². The number of halogens is 1. The maximum Gasteiger partial charge on any atom is 0.122 e. The third kappa shape index (κ3) is 2.27. The van der Waals surface area contributed by atoms with E-state index in [4.69, 9.17) is 5.26 Å². The fourth-order valence-corrected chi connectivity index (χ4v) is 3.48. The van der Waals surface area contributed by atoms with E-state index in [1.165, 1.54) is 11.3 Å².